The first-order valence-electron chi connectivity index (χ1n) is 18.4. The molecule has 2 atom stereocenters. The number of esters is 2. The molecule has 1 fully saturated rings. The van der Waals surface area contributed by atoms with Gasteiger partial charge in [0.2, 0.25) is 0 Å². The number of likely N-dealkylation sites (tertiary alicyclic amines) is 1. The first-order valence-corrected chi connectivity index (χ1v) is 21.3. The summed E-state index contributed by atoms with van der Waals surface area (Å²) in [5, 5.41) is 7.86. The van der Waals surface area contributed by atoms with Crippen molar-refractivity contribution in [1.29, 1.82) is 0 Å². The van der Waals surface area contributed by atoms with E-state index in [0.717, 1.165) is 12.8 Å². The number of rotatable bonds is 19. The number of nitrogens with one attached hydrogen (secondary N) is 3. The number of amides is 4. The van der Waals surface area contributed by atoms with Crippen LogP contribution in [0, 0.1) is 0 Å². The lowest BCUT2D eigenvalue weighted by Gasteiger charge is -2.38. The molecular weight excluding hydrogens is 741 g/mol. The van der Waals surface area contributed by atoms with Crippen molar-refractivity contribution in [2.75, 3.05) is 51.2 Å². The maximum absolute atomic E-state index is 14.1. The number of ether oxygens (including phenoxy) is 5. The van der Waals surface area contributed by atoms with E-state index < -0.39 is 38.4 Å². The van der Waals surface area contributed by atoms with Crippen molar-refractivity contribution < 1.29 is 52.1 Å². The van der Waals surface area contributed by atoms with E-state index in [1.807, 2.05) is 0 Å². The normalized spacial score (nSPS) is 14.5. The van der Waals surface area contributed by atoms with Crippen molar-refractivity contribution >= 4 is 49.7 Å². The summed E-state index contributed by atoms with van der Waals surface area (Å²) in [5.74, 6) is -0.926. The second kappa shape index (κ2) is 21.1. The minimum atomic E-state index is -2.05. The van der Waals surface area contributed by atoms with Crippen LogP contribution in [0.1, 0.15) is 62.4 Å². The summed E-state index contributed by atoms with van der Waals surface area (Å²) < 4.78 is 32.9. The molecule has 3 N–H and O–H groups in total. The fraction of sp³-hybridized carbons (Fsp3) is 0.475. The minimum Gasteiger partial charge on any atom is -0.493 e. The van der Waals surface area contributed by atoms with Crippen molar-refractivity contribution in [3.8, 4) is 11.5 Å². The van der Waals surface area contributed by atoms with Crippen LogP contribution in [0.4, 0.5) is 21.0 Å². The Morgan fingerprint density at radius 2 is 1.57 bits per heavy atom. The van der Waals surface area contributed by atoms with E-state index in [9.17, 15) is 24.0 Å². The van der Waals surface area contributed by atoms with Crippen LogP contribution in [0.3, 0.4) is 0 Å². The molecule has 4 amide bonds. The molecule has 0 radical (unpaired) electrons. The predicted octanol–water partition coefficient (Wildman–Crippen LogP) is 6.81. The van der Waals surface area contributed by atoms with Gasteiger partial charge in [-0.1, -0.05) is 58.2 Å². The number of nitrogens with zero attached hydrogens (tertiary/aromatic N) is 1. The zero-order chi connectivity index (χ0) is 41.5. The van der Waals surface area contributed by atoms with Gasteiger partial charge in [-0.15, -0.1) is 0 Å². The lowest BCUT2D eigenvalue weighted by molar-refractivity contribution is -0.146. The van der Waals surface area contributed by atoms with Crippen molar-refractivity contribution in [1.82, 2.24) is 10.2 Å². The number of anilines is 2. The van der Waals surface area contributed by atoms with E-state index in [1.54, 1.807) is 35.2 Å². The third-order valence-electron chi connectivity index (χ3n) is 9.59. The summed E-state index contributed by atoms with van der Waals surface area (Å²) >= 11 is 0. The number of hydrogen-bond acceptors (Lipinski definition) is 11. The van der Waals surface area contributed by atoms with Gasteiger partial charge in [-0.25, -0.2) is 14.4 Å². The van der Waals surface area contributed by atoms with Crippen LogP contribution in [0.2, 0.25) is 18.1 Å². The standard InChI is InChI=1S/C40H56N4O11Si/c1-10-21-52-35(45)19-18-31(37(47)53-22-11-2)42-38(48)41-28-16-14-27(15-17-28)25-54-39(49)43-32-24-34(51-7)33(50-6)23-30(32)36(46)44-20-12-13-29(44)26-55-56(8,9)40(3,4)5/h10-11,14-17,23-24,29,31H,1-2,12-13,18-22,25-26H2,3-9H3,(H,43,49)(H2,41,42,48). The Labute approximate surface area is 330 Å². The van der Waals surface area contributed by atoms with Gasteiger partial charge in [-0.05, 0) is 61.2 Å². The lowest BCUT2D eigenvalue weighted by atomic mass is 10.1. The Kier molecular flexibility index (Phi) is 17.0. The minimum absolute atomic E-state index is 0.0244. The van der Waals surface area contributed by atoms with Gasteiger partial charge in [0, 0.05) is 24.7 Å². The number of benzene rings is 2. The number of urea groups is 1. The van der Waals surface area contributed by atoms with Crippen molar-refractivity contribution in [2.45, 2.75) is 83.3 Å². The van der Waals surface area contributed by atoms with Gasteiger partial charge in [0.15, 0.2) is 19.8 Å². The van der Waals surface area contributed by atoms with E-state index in [-0.39, 0.29) is 60.9 Å². The number of carbonyl (C=O) groups is 5. The van der Waals surface area contributed by atoms with Crippen LogP contribution >= 0.6 is 0 Å². The molecule has 0 bridgehead atoms. The van der Waals surface area contributed by atoms with E-state index in [1.165, 1.54) is 32.4 Å². The van der Waals surface area contributed by atoms with Crippen LogP contribution in [0.5, 0.6) is 11.5 Å². The number of carbonyl (C=O) groups excluding carboxylic acids is 5. The van der Waals surface area contributed by atoms with E-state index in [0.29, 0.717) is 35.9 Å². The van der Waals surface area contributed by atoms with E-state index in [4.69, 9.17) is 28.1 Å². The number of hydrogen-bond donors (Lipinski definition) is 3. The van der Waals surface area contributed by atoms with Gasteiger partial charge in [0.05, 0.1) is 38.1 Å². The van der Waals surface area contributed by atoms with Crippen LogP contribution in [-0.4, -0.2) is 95.9 Å². The largest absolute Gasteiger partial charge is 0.493 e. The molecule has 2 aromatic rings. The van der Waals surface area contributed by atoms with Crippen LogP contribution in [0.25, 0.3) is 0 Å². The SMILES string of the molecule is C=CCOC(=O)CCC(NC(=O)Nc1ccc(COC(=O)Nc2cc(OC)c(OC)cc2C(=O)N2CCCC2CO[Si](C)(C)C(C)(C)C)cc1)C(=O)OCC=C. The first kappa shape index (κ1) is 45.0. The molecule has 1 aliphatic heterocycles. The van der Waals surface area contributed by atoms with Crippen molar-refractivity contribution in [3.05, 3.63) is 72.8 Å². The van der Waals surface area contributed by atoms with Gasteiger partial charge < -0.3 is 43.6 Å². The molecule has 16 heteroatoms. The highest BCUT2D eigenvalue weighted by Crippen LogP contribution is 2.38. The summed E-state index contributed by atoms with van der Waals surface area (Å²) in [7, 11) is 0.879. The third kappa shape index (κ3) is 13.1. The quantitative estimate of drug-likeness (QED) is 0.0589. The average molecular weight is 797 g/mol. The molecule has 1 heterocycles. The van der Waals surface area contributed by atoms with E-state index in [2.05, 4.69) is 63.0 Å². The smallest absolute Gasteiger partial charge is 0.411 e. The molecule has 15 nitrogen and oxygen atoms in total. The highest BCUT2D eigenvalue weighted by Gasteiger charge is 2.39. The molecule has 1 aliphatic rings. The molecule has 1 saturated heterocycles. The molecule has 56 heavy (non-hydrogen) atoms. The second-order valence-electron chi connectivity index (χ2n) is 14.6. The zero-order valence-electron chi connectivity index (χ0n) is 33.5. The molecule has 0 spiro atoms. The molecule has 2 aromatic carbocycles. The zero-order valence-corrected chi connectivity index (χ0v) is 34.5. The highest BCUT2D eigenvalue weighted by molar-refractivity contribution is 6.74. The molecule has 0 aromatic heterocycles. The molecule has 0 aliphatic carbocycles. The Balaban J connectivity index is 1.65. The monoisotopic (exact) mass is 796 g/mol. The average Bonchev–Trinajstić information content (AvgIpc) is 3.64. The predicted molar refractivity (Wildman–Crippen MR) is 214 cm³/mol. The van der Waals surface area contributed by atoms with Gasteiger partial charge in [0.1, 0.15) is 25.9 Å². The Morgan fingerprint density at radius 3 is 2.20 bits per heavy atom. The van der Waals surface area contributed by atoms with Crippen molar-refractivity contribution in [2.24, 2.45) is 0 Å². The maximum Gasteiger partial charge on any atom is 0.411 e. The molecular formula is C40H56N4O11Si. The van der Waals surface area contributed by atoms with Crippen LogP contribution in [0.15, 0.2) is 61.7 Å². The summed E-state index contributed by atoms with van der Waals surface area (Å²) in [6.07, 6.45) is 3.43. The maximum atomic E-state index is 14.1. The first-order chi connectivity index (χ1) is 26.5. The molecule has 0 saturated carbocycles. The van der Waals surface area contributed by atoms with Crippen LogP contribution in [-0.2, 0) is 34.8 Å². The van der Waals surface area contributed by atoms with Gasteiger partial charge in [-0.3, -0.25) is 14.9 Å². The fourth-order valence-corrected chi connectivity index (χ4v) is 6.43. The fourth-order valence-electron chi connectivity index (χ4n) is 5.39. The Bertz CT molecular complexity index is 1710. The molecule has 306 valence electrons. The van der Waals surface area contributed by atoms with E-state index >= 15 is 0 Å². The summed E-state index contributed by atoms with van der Waals surface area (Å²) in [5.41, 5.74) is 1.39. The van der Waals surface area contributed by atoms with Gasteiger partial charge in [-0.2, -0.15) is 0 Å². The van der Waals surface area contributed by atoms with Gasteiger partial charge in [0.25, 0.3) is 5.91 Å². The van der Waals surface area contributed by atoms with Gasteiger partial charge >= 0.3 is 24.1 Å². The highest BCUT2D eigenvalue weighted by atomic mass is 28.4. The molecule has 3 rings (SSSR count). The van der Waals surface area contributed by atoms with Crippen LogP contribution < -0.4 is 25.4 Å². The number of methoxy groups -OCH3 is 2. The summed E-state index contributed by atoms with van der Waals surface area (Å²) in [6.45, 7) is 18.7. The van der Waals surface area contributed by atoms with Crippen molar-refractivity contribution in [3.63, 3.8) is 0 Å². The lowest BCUT2D eigenvalue weighted by Crippen LogP contribution is -2.46. The second-order valence-corrected chi connectivity index (χ2v) is 19.4. The molecule has 2 unspecified atom stereocenters. The topological polar surface area (TPSA) is 180 Å². The summed E-state index contributed by atoms with van der Waals surface area (Å²) in [4.78, 5) is 66.2. The third-order valence-corrected chi connectivity index (χ3v) is 14.1. The Hall–Kier alpha value is -5.35. The Morgan fingerprint density at radius 1 is 0.929 bits per heavy atom. The summed E-state index contributed by atoms with van der Waals surface area (Å²) in [6, 6.07) is 7.56.